The van der Waals surface area contributed by atoms with Crippen LogP contribution in [0.4, 0.5) is 0 Å². The minimum absolute atomic E-state index is 0.00860. The van der Waals surface area contributed by atoms with Crippen molar-refractivity contribution in [2.45, 2.75) is 89.5 Å². The van der Waals surface area contributed by atoms with Gasteiger partial charge in [0, 0.05) is 45.3 Å². The van der Waals surface area contributed by atoms with Gasteiger partial charge in [-0.2, -0.15) is 0 Å². The van der Waals surface area contributed by atoms with Gasteiger partial charge in [-0.1, -0.05) is 25.7 Å². The third kappa shape index (κ3) is 25.5. The van der Waals surface area contributed by atoms with E-state index in [9.17, 15) is 24.0 Å². The molecule has 40 heavy (non-hydrogen) atoms. The number of hydrogen-bond acceptors (Lipinski definition) is 9. The van der Waals surface area contributed by atoms with Crippen LogP contribution in [-0.4, -0.2) is 92.0 Å². The predicted octanol–water partition coefficient (Wildman–Crippen LogP) is 0.441. The van der Waals surface area contributed by atoms with Crippen molar-refractivity contribution in [2.24, 2.45) is 5.84 Å². The Hall–Kier alpha value is -2.81. The van der Waals surface area contributed by atoms with Gasteiger partial charge in [-0.05, 0) is 32.1 Å². The van der Waals surface area contributed by atoms with E-state index in [2.05, 4.69) is 21.4 Å². The van der Waals surface area contributed by atoms with Crippen LogP contribution in [0.1, 0.15) is 83.5 Å². The van der Waals surface area contributed by atoms with Crippen LogP contribution in [0.3, 0.4) is 0 Å². The lowest BCUT2D eigenvalue weighted by Crippen LogP contribution is -2.41. The molecule has 0 saturated heterocycles. The van der Waals surface area contributed by atoms with Crippen molar-refractivity contribution in [3.8, 4) is 0 Å². The SMILES string of the molecule is NN[C@@H](CCCCNC(=O)CCC(=O)NCCOCCOCCNC(=O)CCCCCCCCC(=O)O)C(=O)O. The summed E-state index contributed by atoms with van der Waals surface area (Å²) in [5.74, 6) is 2.88. The Bertz CT molecular complexity index is 725. The first-order valence-electron chi connectivity index (χ1n) is 14.1. The minimum Gasteiger partial charge on any atom is -0.481 e. The van der Waals surface area contributed by atoms with Crippen LogP contribution in [-0.2, 0) is 33.4 Å². The lowest BCUT2D eigenvalue weighted by molar-refractivity contribution is -0.140. The molecule has 0 rings (SSSR count). The van der Waals surface area contributed by atoms with E-state index in [0.29, 0.717) is 78.2 Å². The number of nitrogens with one attached hydrogen (secondary N) is 4. The van der Waals surface area contributed by atoms with Crippen LogP contribution in [0.15, 0.2) is 0 Å². The first-order chi connectivity index (χ1) is 19.3. The highest BCUT2D eigenvalue weighted by atomic mass is 16.5. The molecule has 0 aliphatic rings. The Balaban J connectivity index is 3.44. The number of aliphatic carboxylic acids is 2. The molecule has 0 radical (unpaired) electrons. The molecule has 0 aromatic heterocycles. The van der Waals surface area contributed by atoms with Gasteiger partial charge in [0.25, 0.3) is 0 Å². The average Bonchev–Trinajstić information content (AvgIpc) is 2.91. The fourth-order valence-electron chi connectivity index (χ4n) is 3.59. The number of ether oxygens (including phenoxy) is 2. The zero-order valence-corrected chi connectivity index (χ0v) is 23.5. The third-order valence-electron chi connectivity index (χ3n) is 5.87. The standard InChI is InChI=1S/C26H49N5O9/c27-31-21(26(37)38)9-7-8-14-28-23(33)12-13-24(34)30-16-18-40-20-19-39-17-15-29-22(32)10-5-3-1-2-4-6-11-25(35)36/h21,31H,1-20,27H2,(H,28,33)(H,29,32)(H,30,34)(H,35,36)(H,37,38)/t21-/m0/s1. The van der Waals surface area contributed by atoms with Crippen LogP contribution in [0.5, 0.6) is 0 Å². The van der Waals surface area contributed by atoms with Gasteiger partial charge in [0.15, 0.2) is 0 Å². The van der Waals surface area contributed by atoms with Crippen molar-refractivity contribution >= 4 is 29.7 Å². The monoisotopic (exact) mass is 575 g/mol. The smallest absolute Gasteiger partial charge is 0.322 e. The normalized spacial score (nSPS) is 11.5. The molecule has 0 fully saturated rings. The molecule has 0 aromatic rings. The molecule has 0 heterocycles. The predicted molar refractivity (Wildman–Crippen MR) is 147 cm³/mol. The number of hydrogen-bond donors (Lipinski definition) is 7. The van der Waals surface area contributed by atoms with E-state index in [0.717, 1.165) is 32.1 Å². The zero-order chi connectivity index (χ0) is 29.8. The van der Waals surface area contributed by atoms with Crippen molar-refractivity contribution in [3.05, 3.63) is 0 Å². The molecule has 0 unspecified atom stereocenters. The first-order valence-corrected chi connectivity index (χ1v) is 14.1. The summed E-state index contributed by atoms with van der Waals surface area (Å²) in [6.45, 7) is 2.56. The number of unbranched alkanes of at least 4 members (excludes halogenated alkanes) is 6. The summed E-state index contributed by atoms with van der Waals surface area (Å²) in [6, 6.07) is -0.807. The summed E-state index contributed by atoms with van der Waals surface area (Å²) in [6.07, 6.45) is 7.76. The maximum Gasteiger partial charge on any atom is 0.322 e. The summed E-state index contributed by atoms with van der Waals surface area (Å²) >= 11 is 0. The maximum atomic E-state index is 11.8. The Labute approximate surface area is 236 Å². The van der Waals surface area contributed by atoms with E-state index in [1.54, 1.807) is 0 Å². The highest BCUT2D eigenvalue weighted by Gasteiger charge is 2.14. The van der Waals surface area contributed by atoms with Gasteiger partial charge in [-0.3, -0.25) is 29.8 Å². The number of carboxylic acids is 2. The molecule has 0 bridgehead atoms. The highest BCUT2D eigenvalue weighted by molar-refractivity contribution is 5.83. The molecule has 0 aliphatic carbocycles. The summed E-state index contributed by atoms with van der Waals surface area (Å²) in [5.41, 5.74) is 2.22. The Kier molecular flexibility index (Phi) is 24.6. The van der Waals surface area contributed by atoms with Crippen molar-refractivity contribution in [1.82, 2.24) is 21.4 Å². The quantitative estimate of drug-likeness (QED) is 0.0385. The van der Waals surface area contributed by atoms with E-state index in [1.807, 2.05) is 0 Å². The van der Waals surface area contributed by atoms with Gasteiger partial charge in [0.1, 0.15) is 6.04 Å². The van der Waals surface area contributed by atoms with Crippen molar-refractivity contribution in [1.29, 1.82) is 0 Å². The fraction of sp³-hybridized carbons (Fsp3) is 0.808. The number of nitrogens with two attached hydrogens (primary N) is 1. The topological polar surface area (TPSA) is 218 Å². The van der Waals surface area contributed by atoms with Gasteiger partial charge >= 0.3 is 11.9 Å². The van der Waals surface area contributed by atoms with E-state index >= 15 is 0 Å². The fourth-order valence-corrected chi connectivity index (χ4v) is 3.59. The molecular weight excluding hydrogens is 526 g/mol. The van der Waals surface area contributed by atoms with Gasteiger partial charge in [-0.15, -0.1) is 0 Å². The average molecular weight is 576 g/mol. The van der Waals surface area contributed by atoms with Gasteiger partial charge in [-0.25, -0.2) is 5.43 Å². The lowest BCUT2D eigenvalue weighted by atomic mass is 10.1. The molecule has 3 amide bonds. The number of carbonyl (C=O) groups excluding carboxylic acids is 3. The number of amides is 3. The van der Waals surface area contributed by atoms with Crippen LogP contribution in [0.2, 0.25) is 0 Å². The summed E-state index contributed by atoms with van der Waals surface area (Å²) in [7, 11) is 0. The Morgan fingerprint density at radius 1 is 0.575 bits per heavy atom. The van der Waals surface area contributed by atoms with Gasteiger partial charge in [0.2, 0.25) is 17.7 Å². The van der Waals surface area contributed by atoms with Crippen molar-refractivity contribution in [3.63, 3.8) is 0 Å². The molecular formula is C26H49N5O9. The third-order valence-corrected chi connectivity index (χ3v) is 5.87. The van der Waals surface area contributed by atoms with Crippen molar-refractivity contribution < 1.29 is 43.7 Å². The second kappa shape index (κ2) is 26.4. The number of rotatable bonds is 28. The van der Waals surface area contributed by atoms with E-state index in [-0.39, 0.29) is 37.0 Å². The van der Waals surface area contributed by atoms with Crippen LogP contribution < -0.4 is 27.2 Å². The van der Waals surface area contributed by atoms with E-state index in [1.165, 1.54) is 0 Å². The molecule has 0 saturated carbocycles. The second-order valence-corrected chi connectivity index (χ2v) is 9.34. The van der Waals surface area contributed by atoms with E-state index in [4.69, 9.17) is 25.5 Å². The summed E-state index contributed by atoms with van der Waals surface area (Å²) in [4.78, 5) is 56.6. The highest BCUT2D eigenvalue weighted by Crippen LogP contribution is 2.08. The number of carbonyl (C=O) groups is 5. The molecule has 0 aromatic carbocycles. The summed E-state index contributed by atoms with van der Waals surface area (Å²) in [5, 5.41) is 25.6. The van der Waals surface area contributed by atoms with Crippen LogP contribution >= 0.6 is 0 Å². The number of carboxylic acid groups (broad SMARTS) is 2. The largest absolute Gasteiger partial charge is 0.481 e. The summed E-state index contributed by atoms with van der Waals surface area (Å²) < 4.78 is 10.8. The molecule has 0 aliphatic heterocycles. The Morgan fingerprint density at radius 2 is 1.05 bits per heavy atom. The van der Waals surface area contributed by atoms with Gasteiger partial charge in [0.05, 0.1) is 26.4 Å². The number of hydrazine groups is 1. The minimum atomic E-state index is -1.02. The van der Waals surface area contributed by atoms with Crippen molar-refractivity contribution in [2.75, 3.05) is 46.1 Å². The van der Waals surface area contributed by atoms with Crippen LogP contribution in [0.25, 0.3) is 0 Å². The van der Waals surface area contributed by atoms with Crippen LogP contribution in [0, 0.1) is 0 Å². The molecule has 14 nitrogen and oxygen atoms in total. The lowest BCUT2D eigenvalue weighted by Gasteiger charge is -2.10. The zero-order valence-electron chi connectivity index (χ0n) is 23.5. The van der Waals surface area contributed by atoms with Gasteiger partial charge < -0.3 is 35.6 Å². The first kappa shape index (κ1) is 37.2. The Morgan fingerprint density at radius 3 is 1.55 bits per heavy atom. The molecule has 14 heteroatoms. The second-order valence-electron chi connectivity index (χ2n) is 9.34. The molecule has 1 atom stereocenters. The molecule has 8 N–H and O–H groups in total. The van der Waals surface area contributed by atoms with E-state index < -0.39 is 18.0 Å². The molecule has 232 valence electrons. The molecule has 0 spiro atoms. The maximum absolute atomic E-state index is 11.8.